The third kappa shape index (κ3) is 5.68. The molecule has 0 aromatic heterocycles. The molecule has 0 aliphatic carbocycles. The Hall–Kier alpha value is -0.920. The van der Waals surface area contributed by atoms with Gasteiger partial charge in [-0.3, -0.25) is 4.55 Å². The molecule has 1 unspecified atom stereocenters. The predicted molar refractivity (Wildman–Crippen MR) is 52.0 cm³/mol. The standard InChI is InChI=1S/C7H12O5S.H3N/c1-5(7(8)9)3-4-6(2)13(10,11)12;/h3,6H,4H2,1-2H3,(H,8,9)(H,10,11,12);1H3. The van der Waals surface area contributed by atoms with Crippen LogP contribution in [0.1, 0.15) is 20.3 Å². The summed E-state index contributed by atoms with van der Waals surface area (Å²) < 4.78 is 29.5. The van der Waals surface area contributed by atoms with Gasteiger partial charge in [0.2, 0.25) is 0 Å². The van der Waals surface area contributed by atoms with Gasteiger partial charge < -0.3 is 11.3 Å². The largest absolute Gasteiger partial charge is 0.478 e. The highest BCUT2D eigenvalue weighted by Gasteiger charge is 2.15. The van der Waals surface area contributed by atoms with Crippen molar-refractivity contribution < 1.29 is 22.9 Å². The van der Waals surface area contributed by atoms with Gasteiger partial charge in [-0.1, -0.05) is 6.08 Å². The Bertz CT molecular complexity index is 319. The van der Waals surface area contributed by atoms with Gasteiger partial charge in [0.15, 0.2) is 0 Å². The smallest absolute Gasteiger partial charge is 0.330 e. The lowest BCUT2D eigenvalue weighted by molar-refractivity contribution is -0.132. The summed E-state index contributed by atoms with van der Waals surface area (Å²) >= 11 is 0. The summed E-state index contributed by atoms with van der Waals surface area (Å²) in [5, 5.41) is 7.45. The second-order valence-electron chi connectivity index (χ2n) is 2.75. The fourth-order valence-electron chi connectivity index (χ4n) is 0.552. The summed E-state index contributed by atoms with van der Waals surface area (Å²) in [7, 11) is -4.06. The molecule has 0 amide bonds. The van der Waals surface area contributed by atoms with E-state index in [1.807, 2.05) is 0 Å². The highest BCUT2D eigenvalue weighted by Crippen LogP contribution is 2.06. The van der Waals surface area contributed by atoms with Crippen molar-refractivity contribution in [3.63, 3.8) is 0 Å². The molecule has 0 bridgehead atoms. The van der Waals surface area contributed by atoms with Crippen molar-refractivity contribution in [1.82, 2.24) is 6.15 Å². The van der Waals surface area contributed by atoms with Crippen LogP contribution in [0.15, 0.2) is 11.6 Å². The van der Waals surface area contributed by atoms with Gasteiger partial charge in [-0.15, -0.1) is 0 Å². The number of carboxylic acids is 1. The number of allylic oxidation sites excluding steroid dienone is 1. The molecule has 7 heteroatoms. The Balaban J connectivity index is 0. The van der Waals surface area contributed by atoms with Crippen molar-refractivity contribution in [2.75, 3.05) is 0 Å². The molecule has 0 radical (unpaired) electrons. The van der Waals surface area contributed by atoms with Crippen molar-refractivity contribution in [1.29, 1.82) is 0 Å². The van der Waals surface area contributed by atoms with Crippen molar-refractivity contribution in [2.24, 2.45) is 0 Å². The second kappa shape index (κ2) is 5.74. The molecule has 0 aromatic rings. The van der Waals surface area contributed by atoms with Crippen molar-refractivity contribution in [3.05, 3.63) is 11.6 Å². The minimum Gasteiger partial charge on any atom is -0.478 e. The number of carboxylic acid groups (broad SMARTS) is 1. The van der Waals surface area contributed by atoms with Crippen LogP contribution in [-0.4, -0.2) is 29.3 Å². The molecule has 0 aliphatic rings. The molecule has 0 heterocycles. The monoisotopic (exact) mass is 225 g/mol. The Labute approximate surface area is 83.0 Å². The van der Waals surface area contributed by atoms with Crippen LogP contribution in [-0.2, 0) is 14.9 Å². The van der Waals surface area contributed by atoms with Gasteiger partial charge in [0.05, 0.1) is 5.25 Å². The SMILES string of the molecule is CC(=CCC(C)S(=O)(=O)O)C(=O)O.N. The van der Waals surface area contributed by atoms with Crippen LogP contribution in [0.4, 0.5) is 0 Å². The van der Waals surface area contributed by atoms with E-state index in [4.69, 9.17) is 9.66 Å². The number of carbonyl (C=O) groups is 1. The van der Waals surface area contributed by atoms with Crippen LogP contribution < -0.4 is 6.15 Å². The highest BCUT2D eigenvalue weighted by atomic mass is 32.2. The van der Waals surface area contributed by atoms with E-state index in [0.29, 0.717) is 0 Å². The first-order valence-electron chi connectivity index (χ1n) is 3.61. The Morgan fingerprint density at radius 1 is 1.50 bits per heavy atom. The van der Waals surface area contributed by atoms with Crippen LogP contribution in [0.2, 0.25) is 0 Å². The molecule has 0 fully saturated rings. The first-order valence-corrected chi connectivity index (χ1v) is 5.12. The first-order chi connectivity index (χ1) is 5.75. The van der Waals surface area contributed by atoms with Gasteiger partial charge >= 0.3 is 5.97 Å². The van der Waals surface area contributed by atoms with Gasteiger partial charge in [0.25, 0.3) is 10.1 Å². The third-order valence-corrected chi connectivity index (χ3v) is 2.81. The molecule has 0 saturated heterocycles. The summed E-state index contributed by atoms with van der Waals surface area (Å²) in [5.74, 6) is -1.09. The van der Waals surface area contributed by atoms with E-state index in [-0.39, 0.29) is 18.1 Å². The molecule has 14 heavy (non-hydrogen) atoms. The topological polar surface area (TPSA) is 127 Å². The summed E-state index contributed by atoms with van der Waals surface area (Å²) in [6.45, 7) is 2.67. The maximum absolute atomic E-state index is 10.5. The van der Waals surface area contributed by atoms with Crippen LogP contribution >= 0.6 is 0 Å². The lowest BCUT2D eigenvalue weighted by Crippen LogP contribution is -2.15. The van der Waals surface area contributed by atoms with Gasteiger partial charge in [-0.05, 0) is 20.3 Å². The van der Waals surface area contributed by atoms with Crippen molar-refractivity contribution in [3.8, 4) is 0 Å². The molecule has 84 valence electrons. The quantitative estimate of drug-likeness (QED) is 0.480. The lowest BCUT2D eigenvalue weighted by Gasteiger charge is -2.03. The molecule has 0 rings (SSSR count). The summed E-state index contributed by atoms with van der Waals surface area (Å²) in [6.07, 6.45) is 1.26. The molecular formula is C7H15NO5S. The van der Waals surface area contributed by atoms with E-state index >= 15 is 0 Å². The van der Waals surface area contributed by atoms with E-state index in [2.05, 4.69) is 0 Å². The molecule has 0 spiro atoms. The molecule has 6 nitrogen and oxygen atoms in total. The molecule has 0 saturated carbocycles. The lowest BCUT2D eigenvalue weighted by atomic mass is 10.2. The number of hydrogen-bond acceptors (Lipinski definition) is 4. The third-order valence-electron chi connectivity index (χ3n) is 1.60. The van der Waals surface area contributed by atoms with E-state index in [0.717, 1.165) is 0 Å². The maximum atomic E-state index is 10.5. The first kappa shape index (κ1) is 15.5. The Morgan fingerprint density at radius 3 is 2.21 bits per heavy atom. The molecule has 0 aliphatic heterocycles. The molecule has 0 aromatic carbocycles. The number of hydrogen-bond donors (Lipinski definition) is 3. The normalized spacial score (nSPS) is 14.4. The van der Waals surface area contributed by atoms with E-state index in [1.165, 1.54) is 19.9 Å². The maximum Gasteiger partial charge on any atom is 0.330 e. The summed E-state index contributed by atoms with van der Waals surface area (Å²) in [4.78, 5) is 10.3. The van der Waals surface area contributed by atoms with E-state index < -0.39 is 21.3 Å². The van der Waals surface area contributed by atoms with E-state index in [9.17, 15) is 13.2 Å². The van der Waals surface area contributed by atoms with Crippen LogP contribution in [0.5, 0.6) is 0 Å². The second-order valence-corrected chi connectivity index (χ2v) is 4.59. The van der Waals surface area contributed by atoms with Crippen LogP contribution in [0.25, 0.3) is 0 Å². The number of aliphatic carboxylic acids is 1. The fraction of sp³-hybridized carbons (Fsp3) is 0.571. The number of rotatable bonds is 4. The van der Waals surface area contributed by atoms with Crippen molar-refractivity contribution in [2.45, 2.75) is 25.5 Å². The zero-order valence-electron chi connectivity index (χ0n) is 8.10. The zero-order valence-corrected chi connectivity index (χ0v) is 8.91. The van der Waals surface area contributed by atoms with Crippen LogP contribution in [0, 0.1) is 0 Å². The van der Waals surface area contributed by atoms with Gasteiger partial charge in [-0.25, -0.2) is 4.79 Å². The average Bonchev–Trinajstić information content (AvgIpc) is 1.97. The molecule has 5 N–H and O–H groups in total. The predicted octanol–water partition coefficient (Wildman–Crippen LogP) is 0.846. The fourth-order valence-corrected chi connectivity index (χ4v) is 0.891. The average molecular weight is 225 g/mol. The highest BCUT2D eigenvalue weighted by molar-refractivity contribution is 7.86. The summed E-state index contributed by atoms with van der Waals surface area (Å²) in [6, 6.07) is 0. The zero-order chi connectivity index (χ0) is 10.6. The van der Waals surface area contributed by atoms with Crippen molar-refractivity contribution >= 4 is 16.1 Å². The Morgan fingerprint density at radius 2 is 1.93 bits per heavy atom. The van der Waals surface area contributed by atoms with Gasteiger partial charge in [-0.2, -0.15) is 8.42 Å². The van der Waals surface area contributed by atoms with E-state index in [1.54, 1.807) is 0 Å². The molecule has 1 atom stereocenters. The molecular weight excluding hydrogens is 210 g/mol. The minimum atomic E-state index is -4.06. The summed E-state index contributed by atoms with van der Waals surface area (Å²) in [5.41, 5.74) is 0.0653. The minimum absolute atomic E-state index is 0. The van der Waals surface area contributed by atoms with Crippen LogP contribution in [0.3, 0.4) is 0 Å². The van der Waals surface area contributed by atoms with Gasteiger partial charge in [0.1, 0.15) is 0 Å². The Kier molecular flexibility index (Phi) is 6.37. The van der Waals surface area contributed by atoms with Gasteiger partial charge in [0, 0.05) is 5.57 Å².